The smallest absolute Gasteiger partial charge is 0.415 e. The number of rotatable bonds is 6. The van der Waals surface area contributed by atoms with Crippen molar-refractivity contribution in [3.63, 3.8) is 0 Å². The largest absolute Gasteiger partial charge is 0.486 e. The number of fused-ring (bicyclic) bond motifs is 2. The Labute approximate surface area is 213 Å². The van der Waals surface area contributed by atoms with E-state index < -0.39 is 12.2 Å². The summed E-state index contributed by atoms with van der Waals surface area (Å²) in [4.78, 5) is 38.0. The van der Waals surface area contributed by atoms with Crippen molar-refractivity contribution in [2.75, 3.05) is 56.3 Å². The first-order chi connectivity index (χ1) is 18.1. The third kappa shape index (κ3) is 4.52. The molecular weight excluding hydrogens is 478 g/mol. The molecule has 3 aliphatic rings. The number of ether oxygens (including phenoxy) is 4. The zero-order chi connectivity index (χ0) is 25.4. The van der Waals surface area contributed by atoms with Crippen LogP contribution in [0.4, 0.5) is 16.2 Å². The molecule has 0 saturated carbocycles. The summed E-state index contributed by atoms with van der Waals surface area (Å²) in [6, 6.07) is 10.9. The highest BCUT2D eigenvalue weighted by Crippen LogP contribution is 2.35. The Bertz CT molecular complexity index is 1350. The van der Waals surface area contributed by atoms with Crippen LogP contribution in [-0.4, -0.2) is 74.6 Å². The Morgan fingerprint density at radius 3 is 2.86 bits per heavy atom. The minimum absolute atomic E-state index is 0.137. The highest BCUT2D eigenvalue weighted by molar-refractivity contribution is 5.96. The predicted octanol–water partition coefficient (Wildman–Crippen LogP) is 2.38. The molecule has 1 N–H and O–H groups in total. The zero-order valence-corrected chi connectivity index (χ0v) is 20.4. The second kappa shape index (κ2) is 9.64. The molecule has 0 spiro atoms. The molecule has 0 bridgehead atoms. The molecule has 0 radical (unpaired) electrons. The van der Waals surface area contributed by atoms with E-state index >= 15 is 0 Å². The third-order valence-electron chi connectivity index (χ3n) is 6.88. The number of benzene rings is 1. The van der Waals surface area contributed by atoms with E-state index in [0.29, 0.717) is 42.8 Å². The van der Waals surface area contributed by atoms with Gasteiger partial charge >= 0.3 is 6.09 Å². The van der Waals surface area contributed by atoms with Crippen LogP contribution >= 0.6 is 0 Å². The molecule has 1 unspecified atom stereocenters. The van der Waals surface area contributed by atoms with E-state index in [4.69, 9.17) is 18.9 Å². The third-order valence-corrected chi connectivity index (χ3v) is 6.88. The van der Waals surface area contributed by atoms with Gasteiger partial charge in [-0.1, -0.05) is 0 Å². The molecular formula is C26H27N5O6. The number of carbonyl (C=O) groups excluding carboxylic acids is 2. The van der Waals surface area contributed by atoms with Crippen LogP contribution in [0.15, 0.2) is 42.6 Å². The van der Waals surface area contributed by atoms with Crippen LogP contribution in [0, 0.1) is 5.92 Å². The Morgan fingerprint density at radius 2 is 2.00 bits per heavy atom. The van der Waals surface area contributed by atoms with Crippen molar-refractivity contribution >= 4 is 34.4 Å². The fourth-order valence-electron chi connectivity index (χ4n) is 4.95. The molecule has 5 heterocycles. The number of hydrogen-bond acceptors (Lipinski definition) is 9. The summed E-state index contributed by atoms with van der Waals surface area (Å²) >= 11 is 0. The minimum Gasteiger partial charge on any atom is -0.486 e. The number of pyridine rings is 2. The van der Waals surface area contributed by atoms with Gasteiger partial charge in [0.2, 0.25) is 5.88 Å². The van der Waals surface area contributed by atoms with Crippen molar-refractivity contribution in [2.45, 2.75) is 12.5 Å². The lowest BCUT2D eigenvalue weighted by atomic mass is 10.1. The molecule has 37 heavy (non-hydrogen) atoms. The Morgan fingerprint density at radius 1 is 1.14 bits per heavy atom. The SMILES string of the molecule is COc1ccc2nccc(N3CC[C@H](CNC(=O)C4CN(c5ccc6c(c5)OCCO6)C(=O)O4)C3)c2n1. The van der Waals surface area contributed by atoms with Crippen LogP contribution < -0.4 is 29.3 Å². The number of hydrogen-bond donors (Lipinski definition) is 1. The van der Waals surface area contributed by atoms with Gasteiger partial charge in [0, 0.05) is 38.0 Å². The number of amides is 2. The highest BCUT2D eigenvalue weighted by Gasteiger charge is 2.38. The summed E-state index contributed by atoms with van der Waals surface area (Å²) in [6.07, 6.45) is 1.26. The summed E-state index contributed by atoms with van der Waals surface area (Å²) in [5.74, 6) is 1.71. The molecule has 2 amide bonds. The molecule has 3 aromatic rings. The summed E-state index contributed by atoms with van der Waals surface area (Å²) in [6.45, 7) is 3.18. The zero-order valence-electron chi connectivity index (χ0n) is 20.4. The molecule has 1 aromatic carbocycles. The van der Waals surface area contributed by atoms with E-state index in [-0.39, 0.29) is 18.4 Å². The molecule has 2 aromatic heterocycles. The predicted molar refractivity (Wildman–Crippen MR) is 134 cm³/mol. The highest BCUT2D eigenvalue weighted by atomic mass is 16.6. The lowest BCUT2D eigenvalue weighted by molar-refractivity contribution is -0.127. The first-order valence-corrected chi connectivity index (χ1v) is 12.3. The summed E-state index contributed by atoms with van der Waals surface area (Å²) in [5, 5.41) is 2.97. The van der Waals surface area contributed by atoms with Crippen LogP contribution in [0.1, 0.15) is 6.42 Å². The number of nitrogens with zero attached hydrogens (tertiary/aromatic N) is 4. The van der Waals surface area contributed by atoms with Gasteiger partial charge in [0.15, 0.2) is 17.6 Å². The van der Waals surface area contributed by atoms with Gasteiger partial charge in [-0.05, 0) is 36.6 Å². The number of methoxy groups -OCH3 is 1. The maximum absolute atomic E-state index is 12.8. The average Bonchev–Trinajstić information content (AvgIpc) is 3.57. The Hall–Kier alpha value is -4.28. The van der Waals surface area contributed by atoms with E-state index in [0.717, 1.165) is 36.2 Å². The summed E-state index contributed by atoms with van der Waals surface area (Å²) in [7, 11) is 1.59. The van der Waals surface area contributed by atoms with Crippen LogP contribution in [0.3, 0.4) is 0 Å². The van der Waals surface area contributed by atoms with E-state index in [2.05, 4.69) is 20.2 Å². The summed E-state index contributed by atoms with van der Waals surface area (Å²) in [5.41, 5.74) is 3.20. The topological polar surface area (TPSA) is 115 Å². The fraction of sp³-hybridized carbons (Fsp3) is 0.385. The van der Waals surface area contributed by atoms with Gasteiger partial charge < -0.3 is 29.2 Å². The second-order valence-corrected chi connectivity index (χ2v) is 9.21. The van der Waals surface area contributed by atoms with Crippen molar-refractivity contribution in [3.8, 4) is 17.4 Å². The lowest BCUT2D eigenvalue weighted by Gasteiger charge is -2.21. The van der Waals surface area contributed by atoms with Gasteiger partial charge in [-0.2, -0.15) is 0 Å². The first-order valence-electron chi connectivity index (χ1n) is 12.3. The Kier molecular flexibility index (Phi) is 6.03. The molecule has 3 aliphatic heterocycles. The quantitative estimate of drug-likeness (QED) is 0.539. The van der Waals surface area contributed by atoms with Crippen molar-refractivity contribution in [2.24, 2.45) is 5.92 Å². The standard InChI is InChI=1S/C26H27N5O6/c1-34-23-5-3-18-24(29-23)19(6-8-27-18)30-9-7-16(14-30)13-28-25(32)22-15-31(26(33)37-22)17-2-4-20-21(12-17)36-11-10-35-20/h2-6,8,12,16,22H,7,9-11,13-15H2,1H3,(H,28,32)/t16-,22?/m1/s1. The van der Waals surface area contributed by atoms with Gasteiger partial charge in [-0.3, -0.25) is 14.7 Å². The first kappa shape index (κ1) is 23.1. The van der Waals surface area contributed by atoms with Crippen LogP contribution in [0.2, 0.25) is 0 Å². The van der Waals surface area contributed by atoms with E-state index in [9.17, 15) is 9.59 Å². The molecule has 2 fully saturated rings. The van der Waals surface area contributed by atoms with Crippen LogP contribution in [-0.2, 0) is 9.53 Å². The fourth-order valence-corrected chi connectivity index (χ4v) is 4.95. The maximum Gasteiger partial charge on any atom is 0.415 e. The molecule has 2 atom stereocenters. The van der Waals surface area contributed by atoms with Crippen molar-refractivity contribution in [1.82, 2.24) is 15.3 Å². The Balaban J connectivity index is 1.06. The van der Waals surface area contributed by atoms with Gasteiger partial charge in [0.25, 0.3) is 5.91 Å². The number of carbonyl (C=O) groups is 2. The lowest BCUT2D eigenvalue weighted by Crippen LogP contribution is -2.40. The van der Waals surface area contributed by atoms with Gasteiger partial charge in [-0.15, -0.1) is 0 Å². The normalized spacial score (nSPS) is 20.7. The number of nitrogens with one attached hydrogen (secondary N) is 1. The average molecular weight is 506 g/mol. The number of aromatic nitrogens is 2. The van der Waals surface area contributed by atoms with E-state index in [1.54, 1.807) is 37.6 Å². The summed E-state index contributed by atoms with van der Waals surface area (Å²) < 4.78 is 21.8. The molecule has 192 valence electrons. The van der Waals surface area contributed by atoms with Gasteiger partial charge in [-0.25, -0.2) is 9.78 Å². The minimum atomic E-state index is -0.876. The monoisotopic (exact) mass is 505 g/mol. The molecule has 0 aliphatic carbocycles. The van der Waals surface area contributed by atoms with Crippen molar-refractivity contribution in [3.05, 3.63) is 42.6 Å². The molecule has 11 heteroatoms. The van der Waals surface area contributed by atoms with E-state index in [1.807, 2.05) is 12.1 Å². The molecule has 2 saturated heterocycles. The van der Waals surface area contributed by atoms with Crippen molar-refractivity contribution in [1.29, 1.82) is 0 Å². The van der Waals surface area contributed by atoms with E-state index in [1.165, 1.54) is 4.90 Å². The maximum atomic E-state index is 12.8. The van der Waals surface area contributed by atoms with Gasteiger partial charge in [0.1, 0.15) is 18.7 Å². The van der Waals surface area contributed by atoms with Crippen molar-refractivity contribution < 1.29 is 28.5 Å². The second-order valence-electron chi connectivity index (χ2n) is 9.21. The molecule has 6 rings (SSSR count). The number of cyclic esters (lactones) is 1. The molecule has 11 nitrogen and oxygen atoms in total. The van der Waals surface area contributed by atoms with Crippen LogP contribution in [0.25, 0.3) is 11.0 Å². The van der Waals surface area contributed by atoms with Gasteiger partial charge in [0.05, 0.1) is 30.5 Å². The number of anilines is 2. The van der Waals surface area contributed by atoms with Crippen LogP contribution in [0.5, 0.6) is 17.4 Å².